The van der Waals surface area contributed by atoms with Gasteiger partial charge in [0, 0.05) is 11.8 Å². The smallest absolute Gasteiger partial charge is 0.303 e. The van der Waals surface area contributed by atoms with Gasteiger partial charge in [0.25, 0.3) is 0 Å². The van der Waals surface area contributed by atoms with E-state index in [2.05, 4.69) is 0 Å². The van der Waals surface area contributed by atoms with Gasteiger partial charge < -0.3 is 9.05 Å². The molecule has 6 heteroatoms. The summed E-state index contributed by atoms with van der Waals surface area (Å²) in [5.74, 6) is -1.10. The van der Waals surface area contributed by atoms with E-state index < -0.39 is 8.25 Å². The number of carbonyl (C=O) groups is 2. The maximum absolute atomic E-state index is 12.1. The topological polar surface area (TPSA) is 69.7 Å². The van der Waals surface area contributed by atoms with Crippen molar-refractivity contribution in [2.24, 2.45) is 0 Å². The van der Waals surface area contributed by atoms with Gasteiger partial charge in [-0.3, -0.25) is 14.2 Å². The molecule has 0 spiro atoms. The molecule has 0 heterocycles. The molecule has 0 radical (unpaired) electrons. The number of hydrogen-bond donors (Lipinski definition) is 0. The van der Waals surface area contributed by atoms with Crippen molar-refractivity contribution in [1.29, 1.82) is 0 Å². The van der Waals surface area contributed by atoms with Gasteiger partial charge in [-0.05, 0) is 11.1 Å². The number of rotatable bonds is 10. The Morgan fingerprint density at radius 2 is 1.12 bits per heavy atom. The van der Waals surface area contributed by atoms with Gasteiger partial charge in [0.05, 0.1) is 0 Å². The highest BCUT2D eigenvalue weighted by Gasteiger charge is 2.18. The molecule has 0 unspecified atom stereocenters. The van der Waals surface area contributed by atoms with Crippen LogP contribution in [0.1, 0.15) is 36.8 Å². The highest BCUT2D eigenvalue weighted by molar-refractivity contribution is 7.33. The molecule has 0 fully saturated rings. The third-order valence-electron chi connectivity index (χ3n) is 4.23. The molecule has 2 atom stereocenters. The third-order valence-corrected chi connectivity index (χ3v) is 4.99. The van der Waals surface area contributed by atoms with Crippen molar-refractivity contribution in [2.45, 2.75) is 25.7 Å². The molecule has 2 rings (SSSR count). The molecule has 138 valence electrons. The second-order valence-corrected chi connectivity index (χ2v) is 7.10. The summed E-state index contributed by atoms with van der Waals surface area (Å²) in [4.78, 5) is 24.2. The minimum Gasteiger partial charge on any atom is -0.303 e. The zero-order valence-corrected chi connectivity index (χ0v) is 15.9. The monoisotopic (exact) mass is 374 g/mol. The first-order valence-corrected chi connectivity index (χ1v) is 9.66. The van der Waals surface area contributed by atoms with Crippen molar-refractivity contribution in [1.82, 2.24) is 0 Å². The van der Waals surface area contributed by atoms with E-state index >= 15 is 0 Å². The lowest BCUT2D eigenvalue weighted by Gasteiger charge is -2.12. The molecule has 0 aliphatic carbocycles. The Labute approximate surface area is 154 Å². The molecular formula is C20H23O5P. The lowest BCUT2D eigenvalue weighted by Crippen LogP contribution is -2.16. The average molecular weight is 374 g/mol. The Morgan fingerprint density at radius 1 is 0.769 bits per heavy atom. The van der Waals surface area contributed by atoms with Crippen LogP contribution in [0.5, 0.6) is 0 Å². The van der Waals surface area contributed by atoms with E-state index in [1.807, 2.05) is 60.7 Å². The van der Waals surface area contributed by atoms with Gasteiger partial charge in [0.1, 0.15) is 13.2 Å². The molecule has 2 aromatic rings. The normalized spacial score (nSPS) is 13.3. The molecule has 0 aromatic heterocycles. The second-order valence-electron chi connectivity index (χ2n) is 6.02. The van der Waals surface area contributed by atoms with Gasteiger partial charge in [-0.2, -0.15) is 0 Å². The molecule has 0 amide bonds. The van der Waals surface area contributed by atoms with Gasteiger partial charge >= 0.3 is 8.25 Å². The Hall–Kier alpha value is -2.07. The van der Waals surface area contributed by atoms with Gasteiger partial charge in [-0.25, -0.2) is 0 Å². The highest BCUT2D eigenvalue weighted by atomic mass is 31.1. The molecule has 0 bridgehead atoms. The quantitative estimate of drug-likeness (QED) is 0.584. The Balaban J connectivity index is 1.75. The van der Waals surface area contributed by atoms with Crippen molar-refractivity contribution < 1.29 is 23.2 Å². The summed E-state index contributed by atoms with van der Waals surface area (Å²) in [5.41, 5.74) is 1.74. The van der Waals surface area contributed by atoms with E-state index in [1.54, 1.807) is 13.8 Å². The average Bonchev–Trinajstić information content (AvgIpc) is 2.70. The maximum atomic E-state index is 12.1. The van der Waals surface area contributed by atoms with Crippen LogP contribution in [-0.2, 0) is 23.2 Å². The fourth-order valence-corrected chi connectivity index (χ4v) is 3.01. The first kappa shape index (κ1) is 20.2. The van der Waals surface area contributed by atoms with Gasteiger partial charge in [0.15, 0.2) is 11.6 Å². The van der Waals surface area contributed by atoms with Crippen molar-refractivity contribution >= 4 is 19.8 Å². The minimum absolute atomic E-state index is 0.192. The number of benzene rings is 2. The van der Waals surface area contributed by atoms with Crippen LogP contribution in [0.3, 0.4) is 0 Å². The molecule has 0 N–H and O–H groups in total. The maximum Gasteiger partial charge on any atom is 0.319 e. The van der Waals surface area contributed by atoms with E-state index in [0.29, 0.717) is 0 Å². The fraction of sp³-hybridized carbons (Fsp3) is 0.300. The van der Waals surface area contributed by atoms with Crippen LogP contribution in [0, 0.1) is 0 Å². The molecule has 0 aliphatic rings. The first-order chi connectivity index (χ1) is 12.5. The third kappa shape index (κ3) is 6.03. The Morgan fingerprint density at radius 3 is 1.46 bits per heavy atom. The fourth-order valence-electron chi connectivity index (χ4n) is 2.41. The number of hydrogen-bond acceptors (Lipinski definition) is 5. The molecule has 2 aromatic carbocycles. The van der Waals surface area contributed by atoms with Crippen LogP contribution in [0.4, 0.5) is 0 Å². The zero-order chi connectivity index (χ0) is 18.9. The Kier molecular flexibility index (Phi) is 7.92. The van der Waals surface area contributed by atoms with Crippen LogP contribution < -0.4 is 0 Å². The van der Waals surface area contributed by atoms with E-state index in [-0.39, 0.29) is 36.6 Å². The van der Waals surface area contributed by atoms with Crippen LogP contribution in [0.15, 0.2) is 60.7 Å². The first-order valence-electron chi connectivity index (χ1n) is 8.44. The highest BCUT2D eigenvalue weighted by Crippen LogP contribution is 2.26. The molecule has 26 heavy (non-hydrogen) atoms. The van der Waals surface area contributed by atoms with Crippen molar-refractivity contribution in [3.63, 3.8) is 0 Å². The molecule has 0 saturated carbocycles. The minimum atomic E-state index is -2.90. The molecular weight excluding hydrogens is 351 g/mol. The van der Waals surface area contributed by atoms with Crippen LogP contribution >= 0.6 is 8.25 Å². The van der Waals surface area contributed by atoms with Crippen molar-refractivity contribution in [3.05, 3.63) is 71.8 Å². The SMILES string of the molecule is C[C@H](C(=O)CO[PH](=O)OCC(=O)[C@@H](C)c1ccccc1)c1ccccc1. The molecule has 0 saturated heterocycles. The summed E-state index contributed by atoms with van der Waals surface area (Å²) in [5, 5.41) is 0. The summed E-state index contributed by atoms with van der Waals surface area (Å²) < 4.78 is 21.8. The Bertz CT molecular complexity index is 682. The van der Waals surface area contributed by atoms with E-state index in [0.717, 1.165) is 11.1 Å². The summed E-state index contributed by atoms with van der Waals surface area (Å²) in [7, 11) is -2.90. The summed E-state index contributed by atoms with van der Waals surface area (Å²) >= 11 is 0. The summed E-state index contributed by atoms with van der Waals surface area (Å²) in [6.07, 6.45) is 0. The summed E-state index contributed by atoms with van der Waals surface area (Å²) in [6, 6.07) is 18.6. The van der Waals surface area contributed by atoms with Crippen molar-refractivity contribution in [2.75, 3.05) is 13.2 Å². The van der Waals surface area contributed by atoms with Gasteiger partial charge in [0.2, 0.25) is 0 Å². The lowest BCUT2D eigenvalue weighted by atomic mass is 9.97. The lowest BCUT2D eigenvalue weighted by molar-refractivity contribution is -0.122. The van der Waals surface area contributed by atoms with E-state index in [1.165, 1.54) is 0 Å². The van der Waals surface area contributed by atoms with Crippen LogP contribution in [-0.4, -0.2) is 24.8 Å². The predicted molar refractivity (Wildman–Crippen MR) is 101 cm³/mol. The van der Waals surface area contributed by atoms with Crippen LogP contribution in [0.2, 0.25) is 0 Å². The molecule has 5 nitrogen and oxygen atoms in total. The number of ketones is 2. The van der Waals surface area contributed by atoms with E-state index in [9.17, 15) is 14.2 Å². The van der Waals surface area contributed by atoms with Crippen molar-refractivity contribution in [3.8, 4) is 0 Å². The van der Waals surface area contributed by atoms with Gasteiger partial charge in [-0.1, -0.05) is 74.5 Å². The predicted octanol–water partition coefficient (Wildman–Crippen LogP) is 4.15. The number of Topliss-reactive ketones (excluding diaryl/α,β-unsaturated/α-hetero) is 2. The standard InChI is InChI=1S/C20H23O5P/c1-15(17-9-5-3-6-10-17)19(21)13-24-26(23)25-14-20(22)16(2)18-11-7-4-8-12-18/h3-12,15-16,26H,13-14H2,1-2H3/t15-,16-/m0/s1. The van der Waals surface area contributed by atoms with Crippen LogP contribution in [0.25, 0.3) is 0 Å². The molecule has 0 aliphatic heterocycles. The largest absolute Gasteiger partial charge is 0.319 e. The zero-order valence-electron chi connectivity index (χ0n) is 14.9. The van der Waals surface area contributed by atoms with Gasteiger partial charge in [-0.15, -0.1) is 0 Å². The summed E-state index contributed by atoms with van der Waals surface area (Å²) in [6.45, 7) is 2.92. The van der Waals surface area contributed by atoms with E-state index in [4.69, 9.17) is 9.05 Å². The number of carbonyl (C=O) groups excluding carboxylic acids is 2. The second kappa shape index (κ2) is 10.2.